The zero-order valence-electron chi connectivity index (χ0n) is 9.24. The van der Waals surface area contributed by atoms with Crippen molar-refractivity contribution in [1.29, 1.82) is 0 Å². The van der Waals surface area contributed by atoms with Gasteiger partial charge in [-0.2, -0.15) is 13.2 Å². The fourth-order valence-electron chi connectivity index (χ4n) is 1.41. The van der Waals surface area contributed by atoms with E-state index in [0.717, 1.165) is 0 Å². The molecule has 0 aliphatic carbocycles. The summed E-state index contributed by atoms with van der Waals surface area (Å²) in [5.74, 6) is 0. The number of aliphatic hydroxyl groups is 1. The molecule has 0 bridgehead atoms. The van der Waals surface area contributed by atoms with Gasteiger partial charge in [0.2, 0.25) is 0 Å². The summed E-state index contributed by atoms with van der Waals surface area (Å²) in [4.78, 5) is 3.76. The van der Waals surface area contributed by atoms with Gasteiger partial charge in [-0.1, -0.05) is 0 Å². The average molecular weight is 248 g/mol. The van der Waals surface area contributed by atoms with Crippen LogP contribution in [0, 0.1) is 0 Å². The van der Waals surface area contributed by atoms with Crippen LogP contribution in [0.3, 0.4) is 0 Å². The van der Waals surface area contributed by atoms with Crippen LogP contribution >= 0.6 is 0 Å². The SMILES string of the molecule is OCCCNC(Cc1ccncc1)C(F)(F)F. The minimum atomic E-state index is -4.29. The van der Waals surface area contributed by atoms with E-state index < -0.39 is 12.2 Å². The van der Waals surface area contributed by atoms with Crippen LogP contribution in [-0.4, -0.2) is 35.5 Å². The lowest BCUT2D eigenvalue weighted by atomic mass is 10.1. The lowest BCUT2D eigenvalue weighted by Gasteiger charge is -2.21. The van der Waals surface area contributed by atoms with E-state index in [0.29, 0.717) is 12.0 Å². The average Bonchev–Trinajstić information content (AvgIpc) is 2.28. The highest BCUT2D eigenvalue weighted by Crippen LogP contribution is 2.23. The highest BCUT2D eigenvalue weighted by molar-refractivity contribution is 5.12. The van der Waals surface area contributed by atoms with Crippen molar-refractivity contribution < 1.29 is 18.3 Å². The zero-order valence-corrected chi connectivity index (χ0v) is 9.24. The summed E-state index contributed by atoms with van der Waals surface area (Å²) in [5, 5.41) is 10.9. The van der Waals surface area contributed by atoms with Crippen LogP contribution in [0.25, 0.3) is 0 Å². The summed E-state index contributed by atoms with van der Waals surface area (Å²) in [5.41, 5.74) is 0.582. The first-order valence-corrected chi connectivity index (χ1v) is 5.34. The van der Waals surface area contributed by atoms with Gasteiger partial charge >= 0.3 is 6.18 Å². The minimum absolute atomic E-state index is 0.118. The highest BCUT2D eigenvalue weighted by Gasteiger charge is 2.38. The van der Waals surface area contributed by atoms with Crippen LogP contribution in [-0.2, 0) is 6.42 Å². The zero-order chi connectivity index (χ0) is 12.7. The number of alkyl halides is 3. The highest BCUT2D eigenvalue weighted by atomic mass is 19.4. The molecule has 3 nitrogen and oxygen atoms in total. The Balaban J connectivity index is 2.58. The second-order valence-corrected chi connectivity index (χ2v) is 3.69. The van der Waals surface area contributed by atoms with Crippen molar-refractivity contribution in [2.45, 2.75) is 25.1 Å². The van der Waals surface area contributed by atoms with Crippen molar-refractivity contribution in [2.24, 2.45) is 0 Å². The molecular weight excluding hydrogens is 233 g/mol. The molecule has 2 N–H and O–H groups in total. The number of rotatable bonds is 6. The Morgan fingerprint density at radius 3 is 2.47 bits per heavy atom. The number of hydrogen-bond donors (Lipinski definition) is 2. The van der Waals surface area contributed by atoms with E-state index in [4.69, 9.17) is 5.11 Å². The van der Waals surface area contributed by atoms with Crippen LogP contribution in [0.15, 0.2) is 24.5 Å². The monoisotopic (exact) mass is 248 g/mol. The van der Waals surface area contributed by atoms with Gasteiger partial charge in [-0.3, -0.25) is 4.98 Å². The second kappa shape index (κ2) is 6.56. The Labute approximate surface area is 97.7 Å². The van der Waals surface area contributed by atoms with E-state index >= 15 is 0 Å². The fraction of sp³-hybridized carbons (Fsp3) is 0.545. The molecule has 1 aromatic heterocycles. The smallest absolute Gasteiger partial charge is 0.396 e. The molecule has 0 fully saturated rings. The standard InChI is InChI=1S/C11H15F3N2O/c12-11(13,14)10(16-4-1-7-17)8-9-2-5-15-6-3-9/h2-3,5-6,10,16-17H,1,4,7-8H2. The summed E-state index contributed by atoms with van der Waals surface area (Å²) in [6.45, 7) is 0.0264. The van der Waals surface area contributed by atoms with Gasteiger partial charge < -0.3 is 10.4 Å². The van der Waals surface area contributed by atoms with E-state index in [1.165, 1.54) is 12.4 Å². The van der Waals surface area contributed by atoms with Crippen LogP contribution in [0.2, 0.25) is 0 Å². The predicted molar refractivity (Wildman–Crippen MR) is 57.5 cm³/mol. The third-order valence-corrected chi connectivity index (χ3v) is 2.31. The predicted octanol–water partition coefficient (Wildman–Crippen LogP) is 1.53. The van der Waals surface area contributed by atoms with E-state index in [9.17, 15) is 13.2 Å². The first-order valence-electron chi connectivity index (χ1n) is 5.34. The normalized spacial score (nSPS) is 13.6. The van der Waals surface area contributed by atoms with Gasteiger partial charge in [0.15, 0.2) is 0 Å². The molecule has 0 radical (unpaired) electrons. The van der Waals surface area contributed by atoms with Gasteiger partial charge in [-0.15, -0.1) is 0 Å². The third-order valence-electron chi connectivity index (χ3n) is 2.31. The van der Waals surface area contributed by atoms with Crippen LogP contribution < -0.4 is 5.32 Å². The van der Waals surface area contributed by atoms with Gasteiger partial charge in [0.05, 0.1) is 0 Å². The third kappa shape index (κ3) is 5.14. The molecule has 1 aromatic rings. The van der Waals surface area contributed by atoms with Crippen LogP contribution in [0.1, 0.15) is 12.0 Å². The lowest BCUT2D eigenvalue weighted by Crippen LogP contribution is -2.44. The molecule has 0 aliphatic heterocycles. The molecule has 0 spiro atoms. The molecule has 17 heavy (non-hydrogen) atoms. The molecule has 1 rings (SSSR count). The topological polar surface area (TPSA) is 45.1 Å². The number of pyridine rings is 1. The van der Waals surface area contributed by atoms with Gasteiger partial charge in [0.25, 0.3) is 0 Å². The lowest BCUT2D eigenvalue weighted by molar-refractivity contribution is -0.155. The van der Waals surface area contributed by atoms with Crippen LogP contribution in [0.5, 0.6) is 0 Å². The number of aromatic nitrogens is 1. The molecule has 6 heteroatoms. The maximum Gasteiger partial charge on any atom is 0.404 e. The fourth-order valence-corrected chi connectivity index (χ4v) is 1.41. The minimum Gasteiger partial charge on any atom is -0.396 e. The number of nitrogens with zero attached hydrogens (tertiary/aromatic N) is 1. The number of halogens is 3. The Morgan fingerprint density at radius 2 is 1.94 bits per heavy atom. The summed E-state index contributed by atoms with van der Waals surface area (Å²) in [6.07, 6.45) is -1.17. The number of nitrogens with one attached hydrogen (secondary N) is 1. The number of hydrogen-bond acceptors (Lipinski definition) is 3. The summed E-state index contributed by atoms with van der Waals surface area (Å²) in [6, 6.07) is 1.54. The summed E-state index contributed by atoms with van der Waals surface area (Å²) < 4.78 is 38.1. The molecule has 0 amide bonds. The molecule has 1 unspecified atom stereocenters. The molecule has 0 aliphatic rings. The Morgan fingerprint density at radius 1 is 1.29 bits per heavy atom. The van der Waals surface area contributed by atoms with E-state index in [1.807, 2.05) is 0 Å². The first-order chi connectivity index (χ1) is 8.04. The van der Waals surface area contributed by atoms with Crippen molar-refractivity contribution in [3.63, 3.8) is 0 Å². The molecule has 1 atom stereocenters. The summed E-state index contributed by atoms with van der Waals surface area (Å²) in [7, 11) is 0. The van der Waals surface area contributed by atoms with Crippen molar-refractivity contribution >= 4 is 0 Å². The van der Waals surface area contributed by atoms with E-state index in [1.54, 1.807) is 12.1 Å². The maximum atomic E-state index is 12.7. The van der Waals surface area contributed by atoms with Crippen molar-refractivity contribution in [1.82, 2.24) is 10.3 Å². The van der Waals surface area contributed by atoms with Crippen molar-refractivity contribution in [3.8, 4) is 0 Å². The molecule has 0 saturated carbocycles. The van der Waals surface area contributed by atoms with Crippen molar-refractivity contribution in [2.75, 3.05) is 13.2 Å². The van der Waals surface area contributed by atoms with Gasteiger partial charge in [0.1, 0.15) is 6.04 Å². The Kier molecular flexibility index (Phi) is 5.37. The Hall–Kier alpha value is -1.14. The van der Waals surface area contributed by atoms with E-state index in [-0.39, 0.29) is 19.6 Å². The van der Waals surface area contributed by atoms with Gasteiger partial charge in [-0.05, 0) is 37.1 Å². The number of aliphatic hydroxyl groups excluding tert-OH is 1. The largest absolute Gasteiger partial charge is 0.404 e. The Bertz CT molecular complexity index is 316. The molecule has 1 heterocycles. The summed E-state index contributed by atoms with van der Waals surface area (Å²) >= 11 is 0. The van der Waals surface area contributed by atoms with Crippen molar-refractivity contribution in [3.05, 3.63) is 30.1 Å². The second-order valence-electron chi connectivity index (χ2n) is 3.69. The molecule has 0 aromatic carbocycles. The van der Waals surface area contributed by atoms with E-state index in [2.05, 4.69) is 10.3 Å². The van der Waals surface area contributed by atoms with Gasteiger partial charge in [-0.25, -0.2) is 0 Å². The first kappa shape index (κ1) is 13.9. The maximum absolute atomic E-state index is 12.7. The molecule has 0 saturated heterocycles. The molecular formula is C11H15F3N2O. The van der Waals surface area contributed by atoms with Gasteiger partial charge in [0, 0.05) is 19.0 Å². The quantitative estimate of drug-likeness (QED) is 0.750. The van der Waals surface area contributed by atoms with Crippen LogP contribution in [0.4, 0.5) is 13.2 Å². The molecule has 96 valence electrons.